The number of nitrogens with zero attached hydrogens (tertiary/aromatic N) is 2. The molecule has 42 heavy (non-hydrogen) atoms. The highest BCUT2D eigenvalue weighted by atomic mass is 16.4. The van der Waals surface area contributed by atoms with Gasteiger partial charge in [0.05, 0.1) is 17.1 Å². The van der Waals surface area contributed by atoms with Gasteiger partial charge in [0.15, 0.2) is 6.29 Å². The Hall–Kier alpha value is -5.44. The maximum atomic E-state index is 10.7. The van der Waals surface area contributed by atoms with E-state index in [0.29, 0.717) is 11.4 Å². The fourth-order valence-electron chi connectivity index (χ4n) is 3.91. The molecule has 2 aromatic heterocycles. The van der Waals surface area contributed by atoms with Gasteiger partial charge in [-0.2, -0.15) is 0 Å². The summed E-state index contributed by atoms with van der Waals surface area (Å²) in [6, 6.07) is 23.6. The predicted molar refractivity (Wildman–Crippen MR) is 160 cm³/mol. The molecular weight excluding hydrogens is 536 g/mol. The zero-order valence-electron chi connectivity index (χ0n) is 23.7. The molecule has 0 aliphatic rings. The van der Waals surface area contributed by atoms with Gasteiger partial charge in [-0.15, -0.1) is 0 Å². The van der Waals surface area contributed by atoms with Gasteiger partial charge < -0.3 is 15.3 Å². The molecule has 0 saturated carbocycles. The van der Waals surface area contributed by atoms with Crippen LogP contribution in [0.1, 0.15) is 44.9 Å². The number of carbonyl (C=O) groups excluding carboxylic acids is 1. The van der Waals surface area contributed by atoms with E-state index in [4.69, 9.17) is 15.3 Å². The maximum Gasteiger partial charge on any atom is 0.328 e. The Balaban J connectivity index is 0.000000243. The molecule has 4 rings (SSSR count). The van der Waals surface area contributed by atoms with E-state index in [1.807, 2.05) is 38.1 Å². The number of carboxylic acid groups (broad SMARTS) is 3. The van der Waals surface area contributed by atoms with Gasteiger partial charge in [0.25, 0.3) is 0 Å². The number of hydrogen-bond acceptors (Lipinski definition) is 6. The van der Waals surface area contributed by atoms with Crippen LogP contribution < -0.4 is 0 Å². The van der Waals surface area contributed by atoms with Crippen molar-refractivity contribution < 1.29 is 34.5 Å². The van der Waals surface area contributed by atoms with E-state index in [9.17, 15) is 19.2 Å². The fraction of sp³-hybridized carbons (Fsp3) is 0.152. The van der Waals surface area contributed by atoms with Crippen LogP contribution in [0.3, 0.4) is 0 Å². The Morgan fingerprint density at radius 2 is 1.05 bits per heavy atom. The van der Waals surface area contributed by atoms with Gasteiger partial charge in [-0.25, -0.2) is 14.8 Å². The first-order valence-electron chi connectivity index (χ1n) is 12.8. The van der Waals surface area contributed by atoms with Gasteiger partial charge in [-0.3, -0.25) is 14.4 Å². The number of carbonyl (C=O) groups is 4. The second kappa shape index (κ2) is 16.0. The molecule has 2 aromatic carbocycles. The maximum absolute atomic E-state index is 10.7. The summed E-state index contributed by atoms with van der Waals surface area (Å²) >= 11 is 0. The van der Waals surface area contributed by atoms with E-state index < -0.39 is 24.3 Å². The number of aryl methyl sites for hydroxylation is 4. The van der Waals surface area contributed by atoms with E-state index >= 15 is 0 Å². The lowest BCUT2D eigenvalue weighted by atomic mass is 10.0. The molecule has 4 aromatic rings. The lowest BCUT2D eigenvalue weighted by Gasteiger charge is -2.05. The minimum Gasteiger partial charge on any atom is -0.481 e. The highest BCUT2D eigenvalue weighted by Crippen LogP contribution is 2.21. The molecule has 0 atom stereocenters. The van der Waals surface area contributed by atoms with Gasteiger partial charge in [0.2, 0.25) is 0 Å². The SMILES string of the molecule is Cc1cc(C)cc(-c2cccc(/C=C/C(=O)O)n2)c1.Cc1cc(C)cc(-c2cccc(C=O)n2)c1.O=C(O)CC(=O)O. The topological polar surface area (TPSA) is 155 Å². The number of aromatic nitrogens is 2. The molecule has 0 fully saturated rings. The number of rotatable bonds is 7. The highest BCUT2D eigenvalue weighted by molar-refractivity contribution is 5.88. The first-order chi connectivity index (χ1) is 19.9. The Labute approximate surface area is 243 Å². The highest BCUT2D eigenvalue weighted by Gasteiger charge is 2.04. The average Bonchev–Trinajstić information content (AvgIpc) is 2.91. The van der Waals surface area contributed by atoms with Crippen LogP contribution in [0, 0.1) is 27.7 Å². The van der Waals surface area contributed by atoms with Crippen LogP contribution in [0.2, 0.25) is 0 Å². The summed E-state index contributed by atoms with van der Waals surface area (Å²) in [5.74, 6) is -3.60. The molecule has 0 saturated heterocycles. The van der Waals surface area contributed by atoms with E-state index in [1.165, 1.54) is 28.3 Å². The van der Waals surface area contributed by atoms with Crippen LogP contribution in [0.15, 0.2) is 78.9 Å². The molecule has 0 unspecified atom stereocenters. The third-order valence-corrected chi connectivity index (χ3v) is 5.40. The molecule has 0 bridgehead atoms. The van der Waals surface area contributed by atoms with Crippen molar-refractivity contribution in [3.63, 3.8) is 0 Å². The average molecular weight is 569 g/mol. The molecule has 2 heterocycles. The van der Waals surface area contributed by atoms with Crippen molar-refractivity contribution in [2.24, 2.45) is 0 Å². The molecule has 0 radical (unpaired) electrons. The number of hydrogen-bond donors (Lipinski definition) is 3. The Bertz CT molecular complexity index is 1560. The molecule has 0 aliphatic carbocycles. The zero-order chi connectivity index (χ0) is 31.2. The van der Waals surface area contributed by atoms with E-state index in [0.717, 1.165) is 34.9 Å². The molecular formula is C33H32N2O7. The zero-order valence-corrected chi connectivity index (χ0v) is 23.7. The molecule has 9 nitrogen and oxygen atoms in total. The van der Waals surface area contributed by atoms with Crippen molar-refractivity contribution in [3.8, 4) is 22.5 Å². The van der Waals surface area contributed by atoms with Crippen molar-refractivity contribution in [1.29, 1.82) is 0 Å². The summed E-state index contributed by atoms with van der Waals surface area (Å²) in [5.41, 5.74) is 9.67. The molecule has 9 heteroatoms. The third-order valence-electron chi connectivity index (χ3n) is 5.40. The van der Waals surface area contributed by atoms with Crippen molar-refractivity contribution >= 4 is 30.3 Å². The number of carboxylic acids is 3. The summed E-state index contributed by atoms with van der Waals surface area (Å²) in [6.07, 6.45) is 2.55. The lowest BCUT2D eigenvalue weighted by molar-refractivity contribution is -0.147. The Kier molecular flexibility index (Phi) is 12.5. The molecule has 0 spiro atoms. The Morgan fingerprint density at radius 1 is 0.643 bits per heavy atom. The van der Waals surface area contributed by atoms with Crippen molar-refractivity contribution in [2.45, 2.75) is 34.1 Å². The molecule has 0 aliphatic heterocycles. The molecule has 216 valence electrons. The minimum absolute atomic E-state index is 0.469. The van der Waals surface area contributed by atoms with Gasteiger partial charge in [0.1, 0.15) is 12.1 Å². The van der Waals surface area contributed by atoms with E-state index in [-0.39, 0.29) is 0 Å². The van der Waals surface area contributed by atoms with Gasteiger partial charge in [-0.05, 0) is 82.3 Å². The summed E-state index contributed by atoms with van der Waals surface area (Å²) in [7, 11) is 0. The van der Waals surface area contributed by atoms with E-state index in [2.05, 4.69) is 60.2 Å². The van der Waals surface area contributed by atoms with Crippen molar-refractivity contribution in [1.82, 2.24) is 9.97 Å². The second-order valence-electron chi connectivity index (χ2n) is 9.40. The standard InChI is InChI=1S/C16H15NO2.C14H13NO.C3H4O4/c1-11-8-12(2)10-13(9-11)15-5-3-4-14(17-15)6-7-16(18)19;1-10-6-11(2)8-12(7-10)14-5-3-4-13(9-16)15-14;4-2(5)1-3(6)7/h3-10H,1-2H3,(H,18,19);3-9H,1-2H3;1H2,(H,4,5)(H,6,7)/b7-6+;;. The lowest BCUT2D eigenvalue weighted by Crippen LogP contribution is -2.03. The van der Waals surface area contributed by atoms with Gasteiger partial charge in [0, 0.05) is 17.2 Å². The summed E-state index contributed by atoms with van der Waals surface area (Å²) in [6.45, 7) is 8.20. The smallest absolute Gasteiger partial charge is 0.328 e. The monoisotopic (exact) mass is 568 g/mol. The number of aliphatic carboxylic acids is 3. The van der Waals surface area contributed by atoms with E-state index in [1.54, 1.807) is 12.1 Å². The largest absolute Gasteiger partial charge is 0.481 e. The normalized spacial score (nSPS) is 10.1. The van der Waals surface area contributed by atoms with Crippen LogP contribution in [0.4, 0.5) is 0 Å². The quantitative estimate of drug-likeness (QED) is 0.134. The van der Waals surface area contributed by atoms with Crippen LogP contribution in [-0.4, -0.2) is 49.5 Å². The fourth-order valence-corrected chi connectivity index (χ4v) is 3.91. The number of pyridine rings is 2. The van der Waals surface area contributed by atoms with Crippen molar-refractivity contribution in [3.05, 3.63) is 113 Å². The predicted octanol–water partition coefficient (Wildman–Crippen LogP) is 6.19. The summed E-state index contributed by atoms with van der Waals surface area (Å²) in [4.78, 5) is 48.7. The van der Waals surface area contributed by atoms with Crippen LogP contribution in [0.5, 0.6) is 0 Å². The summed E-state index contributed by atoms with van der Waals surface area (Å²) in [5, 5.41) is 24.0. The second-order valence-corrected chi connectivity index (χ2v) is 9.40. The Morgan fingerprint density at radius 3 is 1.40 bits per heavy atom. The number of aldehydes is 1. The van der Waals surface area contributed by atoms with Gasteiger partial charge >= 0.3 is 17.9 Å². The first-order valence-corrected chi connectivity index (χ1v) is 12.8. The molecule has 3 N–H and O–H groups in total. The van der Waals surface area contributed by atoms with Crippen LogP contribution in [-0.2, 0) is 14.4 Å². The van der Waals surface area contributed by atoms with Gasteiger partial charge in [-0.1, -0.05) is 46.5 Å². The first kappa shape index (κ1) is 32.8. The van der Waals surface area contributed by atoms with Crippen LogP contribution >= 0.6 is 0 Å². The third kappa shape index (κ3) is 11.7. The van der Waals surface area contributed by atoms with Crippen LogP contribution in [0.25, 0.3) is 28.6 Å². The summed E-state index contributed by atoms with van der Waals surface area (Å²) < 4.78 is 0. The molecule has 0 amide bonds. The van der Waals surface area contributed by atoms with Crippen molar-refractivity contribution in [2.75, 3.05) is 0 Å². The number of benzene rings is 2. The minimum atomic E-state index is -1.31.